The lowest BCUT2D eigenvalue weighted by atomic mass is 10.0. The molecule has 1 saturated heterocycles. The second kappa shape index (κ2) is 10.4. The molecule has 0 atom stereocenters. The van der Waals surface area contributed by atoms with Crippen LogP contribution in [0.4, 0.5) is 11.8 Å². The second-order valence-corrected chi connectivity index (χ2v) is 9.19. The molecule has 3 aromatic heterocycles. The van der Waals surface area contributed by atoms with E-state index >= 15 is 0 Å². The van der Waals surface area contributed by atoms with E-state index in [1.165, 1.54) is 23.5 Å². The lowest BCUT2D eigenvalue weighted by Gasteiger charge is -2.30. The maximum absolute atomic E-state index is 11.6. The highest BCUT2D eigenvalue weighted by Crippen LogP contribution is 2.25. The van der Waals surface area contributed by atoms with Gasteiger partial charge in [-0.25, -0.2) is 9.97 Å². The Bertz CT molecular complexity index is 1410. The number of nitrogens with one attached hydrogen (secondary N) is 3. The monoisotopic (exact) mass is 489 g/mol. The van der Waals surface area contributed by atoms with Gasteiger partial charge in [-0.15, -0.1) is 0 Å². The number of aromatic amines is 1. The zero-order valence-electron chi connectivity index (χ0n) is 20.5. The molecule has 0 radical (unpaired) electrons. The van der Waals surface area contributed by atoms with Gasteiger partial charge in [0.2, 0.25) is 5.95 Å². The van der Waals surface area contributed by atoms with E-state index in [0.29, 0.717) is 30.5 Å². The van der Waals surface area contributed by atoms with E-state index in [1.54, 1.807) is 4.68 Å². The number of aryl methyl sites for hydroxylation is 2. The molecule has 1 aliphatic heterocycles. The first kappa shape index (κ1) is 23.9. The van der Waals surface area contributed by atoms with Crippen molar-refractivity contribution in [3.05, 3.63) is 69.5 Å². The minimum atomic E-state index is -0.201. The van der Waals surface area contributed by atoms with Gasteiger partial charge in [0.15, 0.2) is 5.82 Å². The summed E-state index contributed by atoms with van der Waals surface area (Å²) in [6.07, 6.45) is 2.85. The quantitative estimate of drug-likeness (QED) is 0.293. The van der Waals surface area contributed by atoms with Crippen LogP contribution in [0, 0.1) is 6.92 Å². The van der Waals surface area contributed by atoms with Gasteiger partial charge in [-0.2, -0.15) is 10.1 Å². The molecule has 4 N–H and O–H groups in total. The molecule has 1 aromatic carbocycles. The van der Waals surface area contributed by atoms with Crippen molar-refractivity contribution in [2.75, 3.05) is 23.7 Å². The third-order valence-electron chi connectivity index (χ3n) is 6.53. The van der Waals surface area contributed by atoms with Gasteiger partial charge in [-0.1, -0.05) is 24.3 Å². The first-order chi connectivity index (χ1) is 17.5. The Hall–Kier alpha value is -3.83. The van der Waals surface area contributed by atoms with Crippen molar-refractivity contribution in [1.82, 2.24) is 34.6 Å². The van der Waals surface area contributed by atoms with E-state index in [0.717, 1.165) is 49.2 Å². The Kier molecular flexibility index (Phi) is 6.92. The number of fused-ring (bicyclic) bond motifs is 1. The van der Waals surface area contributed by atoms with Crippen molar-refractivity contribution < 1.29 is 5.11 Å². The largest absolute Gasteiger partial charge is 0.393 e. The number of nitrogens with zero attached hydrogens (tertiary/aromatic N) is 6. The number of H-pyrrole nitrogens is 1. The summed E-state index contributed by atoms with van der Waals surface area (Å²) < 4.78 is 1.76. The van der Waals surface area contributed by atoms with Crippen LogP contribution >= 0.6 is 0 Å². The van der Waals surface area contributed by atoms with Crippen LogP contribution in [0.5, 0.6) is 0 Å². The molecule has 36 heavy (non-hydrogen) atoms. The SMILES string of the molecule is Cc1nn(C)c2c(NCc3cc(=O)[nH]cn3)nc(NCc3ccccc3CN3CCC(O)CC3)nc12. The average molecular weight is 490 g/mol. The predicted octanol–water partition coefficient (Wildman–Crippen LogP) is 1.94. The highest BCUT2D eigenvalue weighted by Gasteiger charge is 2.19. The number of benzene rings is 1. The molecular weight excluding hydrogens is 458 g/mol. The van der Waals surface area contributed by atoms with Crippen LogP contribution in [0.15, 0.2) is 41.5 Å². The Morgan fingerprint density at radius 1 is 1.11 bits per heavy atom. The number of hydrogen-bond acceptors (Lipinski definition) is 9. The zero-order valence-corrected chi connectivity index (χ0v) is 20.5. The molecular formula is C25H31N9O2. The number of aliphatic hydroxyl groups excluding tert-OH is 1. The van der Waals surface area contributed by atoms with Gasteiger partial charge in [-0.3, -0.25) is 14.4 Å². The molecule has 0 unspecified atom stereocenters. The molecule has 11 heteroatoms. The van der Waals surface area contributed by atoms with Crippen molar-refractivity contribution in [2.24, 2.45) is 7.05 Å². The van der Waals surface area contributed by atoms with Crippen molar-refractivity contribution >= 4 is 22.8 Å². The summed E-state index contributed by atoms with van der Waals surface area (Å²) >= 11 is 0. The van der Waals surface area contributed by atoms with Gasteiger partial charge in [0.1, 0.15) is 11.0 Å². The minimum absolute atomic E-state index is 0.178. The summed E-state index contributed by atoms with van der Waals surface area (Å²) in [5, 5.41) is 21.0. The summed E-state index contributed by atoms with van der Waals surface area (Å²) in [7, 11) is 1.86. The van der Waals surface area contributed by atoms with E-state index in [9.17, 15) is 9.90 Å². The number of rotatable bonds is 8. The lowest BCUT2D eigenvalue weighted by Crippen LogP contribution is -2.35. The van der Waals surface area contributed by atoms with Crippen LogP contribution in [0.1, 0.15) is 35.4 Å². The van der Waals surface area contributed by atoms with Gasteiger partial charge in [-0.05, 0) is 30.9 Å². The van der Waals surface area contributed by atoms with Crippen LogP contribution in [0.2, 0.25) is 0 Å². The van der Waals surface area contributed by atoms with Crippen molar-refractivity contribution in [3.8, 4) is 0 Å². The lowest BCUT2D eigenvalue weighted by molar-refractivity contribution is 0.0791. The van der Waals surface area contributed by atoms with Gasteiger partial charge < -0.3 is 20.7 Å². The maximum atomic E-state index is 11.6. The number of aliphatic hydroxyl groups is 1. The third kappa shape index (κ3) is 5.37. The fourth-order valence-electron chi connectivity index (χ4n) is 4.60. The van der Waals surface area contributed by atoms with Gasteiger partial charge in [0.25, 0.3) is 5.56 Å². The predicted molar refractivity (Wildman–Crippen MR) is 138 cm³/mol. The van der Waals surface area contributed by atoms with E-state index in [2.05, 4.69) is 48.8 Å². The molecule has 0 aliphatic carbocycles. The van der Waals surface area contributed by atoms with Crippen LogP contribution in [0.3, 0.4) is 0 Å². The molecule has 0 spiro atoms. The van der Waals surface area contributed by atoms with Gasteiger partial charge in [0, 0.05) is 39.3 Å². The fourth-order valence-corrected chi connectivity index (χ4v) is 4.60. The first-order valence-corrected chi connectivity index (χ1v) is 12.2. The first-order valence-electron chi connectivity index (χ1n) is 12.2. The Morgan fingerprint density at radius 3 is 2.67 bits per heavy atom. The second-order valence-electron chi connectivity index (χ2n) is 9.19. The van der Waals surface area contributed by atoms with Crippen LogP contribution in [-0.2, 0) is 26.7 Å². The number of aromatic nitrogens is 6. The molecule has 5 rings (SSSR count). The Labute approximate surface area is 208 Å². The molecule has 0 amide bonds. The summed E-state index contributed by atoms with van der Waals surface area (Å²) in [5.74, 6) is 1.11. The van der Waals surface area contributed by atoms with Crippen molar-refractivity contribution in [2.45, 2.75) is 45.5 Å². The molecule has 11 nitrogen and oxygen atoms in total. The molecule has 4 aromatic rings. The van der Waals surface area contributed by atoms with Crippen LogP contribution in [0.25, 0.3) is 11.0 Å². The number of likely N-dealkylation sites (tertiary alicyclic amines) is 1. The number of hydrogen-bond donors (Lipinski definition) is 4. The standard InChI is InChI=1S/C25H31N9O2/c1-16-22-23(33(2)32-16)24(26-13-19-11-21(36)29-15-28-19)31-25(30-22)27-12-17-5-3-4-6-18(17)14-34-9-7-20(35)8-10-34/h3-6,11,15,20,35H,7-10,12-14H2,1-2H3,(H,28,29,36)(H2,26,27,30,31). The molecule has 0 bridgehead atoms. The Balaban J connectivity index is 1.35. The zero-order chi connectivity index (χ0) is 25.1. The number of anilines is 2. The van der Waals surface area contributed by atoms with Gasteiger partial charge in [0.05, 0.1) is 30.4 Å². The summed E-state index contributed by atoms with van der Waals surface area (Å²) in [4.78, 5) is 30.2. The molecule has 1 aliphatic rings. The van der Waals surface area contributed by atoms with E-state index in [-0.39, 0.29) is 11.7 Å². The van der Waals surface area contributed by atoms with Gasteiger partial charge >= 0.3 is 0 Å². The van der Waals surface area contributed by atoms with E-state index in [1.807, 2.05) is 20.0 Å². The fraction of sp³-hybridized carbons (Fsp3) is 0.400. The summed E-state index contributed by atoms with van der Waals surface area (Å²) in [6, 6.07) is 9.83. The molecule has 1 fully saturated rings. The average Bonchev–Trinajstić information content (AvgIpc) is 3.16. The third-order valence-corrected chi connectivity index (χ3v) is 6.53. The van der Waals surface area contributed by atoms with E-state index in [4.69, 9.17) is 9.97 Å². The number of piperidine rings is 1. The summed E-state index contributed by atoms with van der Waals surface area (Å²) in [5.41, 5.74) is 5.19. The Morgan fingerprint density at radius 2 is 1.89 bits per heavy atom. The molecule has 188 valence electrons. The highest BCUT2D eigenvalue weighted by molar-refractivity contribution is 5.88. The van der Waals surface area contributed by atoms with Crippen molar-refractivity contribution in [1.29, 1.82) is 0 Å². The highest BCUT2D eigenvalue weighted by atomic mass is 16.3. The smallest absolute Gasteiger partial charge is 0.250 e. The minimum Gasteiger partial charge on any atom is -0.393 e. The normalized spacial score (nSPS) is 14.9. The van der Waals surface area contributed by atoms with Crippen LogP contribution < -0.4 is 16.2 Å². The molecule has 4 heterocycles. The van der Waals surface area contributed by atoms with Crippen LogP contribution in [-0.4, -0.2) is 58.9 Å². The maximum Gasteiger partial charge on any atom is 0.250 e. The topological polar surface area (TPSA) is 137 Å². The van der Waals surface area contributed by atoms with E-state index < -0.39 is 0 Å². The summed E-state index contributed by atoms with van der Waals surface area (Å²) in [6.45, 7) is 5.49. The van der Waals surface area contributed by atoms with Crippen molar-refractivity contribution in [3.63, 3.8) is 0 Å². The molecule has 0 saturated carbocycles.